The van der Waals surface area contributed by atoms with Crippen LogP contribution in [0, 0.1) is 11.8 Å². The van der Waals surface area contributed by atoms with Crippen LogP contribution in [0.5, 0.6) is 0 Å². The minimum atomic E-state index is -0.0677. The van der Waals surface area contributed by atoms with Gasteiger partial charge in [0.05, 0.1) is 6.61 Å². The number of nitrogens with one attached hydrogen (secondary N) is 1. The van der Waals surface area contributed by atoms with E-state index in [1.165, 1.54) is 19.5 Å². The van der Waals surface area contributed by atoms with E-state index in [0.717, 1.165) is 24.8 Å². The lowest BCUT2D eigenvalue weighted by atomic mass is 9.92. The number of nitrogens with zero attached hydrogens (tertiary/aromatic N) is 2. The van der Waals surface area contributed by atoms with Gasteiger partial charge in [-0.05, 0) is 38.1 Å². The normalized spacial score (nSPS) is 23.6. The van der Waals surface area contributed by atoms with Crippen molar-refractivity contribution in [3.8, 4) is 0 Å². The lowest BCUT2D eigenvalue weighted by molar-refractivity contribution is 0.139. The van der Waals surface area contributed by atoms with Crippen LogP contribution in [-0.4, -0.2) is 66.8 Å². The van der Waals surface area contributed by atoms with Gasteiger partial charge in [0.1, 0.15) is 0 Å². The van der Waals surface area contributed by atoms with Crippen LogP contribution in [0.15, 0.2) is 0 Å². The van der Waals surface area contributed by atoms with Crippen molar-refractivity contribution in [1.29, 1.82) is 0 Å². The molecule has 1 fully saturated rings. The molecule has 1 aliphatic heterocycles. The van der Waals surface area contributed by atoms with Gasteiger partial charge in [0, 0.05) is 32.7 Å². The summed E-state index contributed by atoms with van der Waals surface area (Å²) >= 11 is 0. The second-order valence-corrected chi connectivity index (χ2v) is 6.09. The standard InChI is InChI=1S/C15H31N3O2/c1-4-18(8-9-19)15(20)16-6-5-7-17-11-13(2)10-14(3)12-17/h13-14,19H,4-12H2,1-3H3,(H,16,20). The maximum Gasteiger partial charge on any atom is 0.317 e. The number of carbonyl (C=O) groups excluding carboxylic acids is 1. The number of hydrogen-bond acceptors (Lipinski definition) is 3. The van der Waals surface area contributed by atoms with Crippen molar-refractivity contribution in [3.05, 3.63) is 0 Å². The van der Waals surface area contributed by atoms with Gasteiger partial charge in [-0.3, -0.25) is 0 Å². The van der Waals surface area contributed by atoms with Crippen molar-refractivity contribution in [2.75, 3.05) is 45.9 Å². The van der Waals surface area contributed by atoms with E-state index >= 15 is 0 Å². The zero-order valence-electron chi connectivity index (χ0n) is 13.3. The Morgan fingerprint density at radius 2 is 2.00 bits per heavy atom. The number of rotatable bonds is 7. The summed E-state index contributed by atoms with van der Waals surface area (Å²) in [6, 6.07) is -0.0677. The van der Waals surface area contributed by atoms with Crippen molar-refractivity contribution in [2.24, 2.45) is 11.8 Å². The van der Waals surface area contributed by atoms with Gasteiger partial charge in [-0.1, -0.05) is 13.8 Å². The molecule has 1 saturated heterocycles. The highest BCUT2D eigenvalue weighted by Crippen LogP contribution is 2.20. The number of aliphatic hydroxyl groups excluding tert-OH is 1. The smallest absolute Gasteiger partial charge is 0.317 e. The van der Waals surface area contributed by atoms with E-state index < -0.39 is 0 Å². The van der Waals surface area contributed by atoms with E-state index in [4.69, 9.17) is 5.11 Å². The molecule has 2 amide bonds. The average Bonchev–Trinajstić information content (AvgIpc) is 2.39. The molecule has 1 aliphatic rings. The molecule has 0 bridgehead atoms. The second kappa shape index (κ2) is 9.19. The van der Waals surface area contributed by atoms with Crippen molar-refractivity contribution in [3.63, 3.8) is 0 Å². The number of urea groups is 1. The molecule has 5 heteroatoms. The third-order valence-corrected chi connectivity index (χ3v) is 3.91. The SMILES string of the molecule is CCN(CCO)C(=O)NCCCN1CC(C)CC(C)C1. The van der Waals surface area contributed by atoms with Crippen LogP contribution < -0.4 is 5.32 Å². The first kappa shape index (κ1) is 17.2. The third-order valence-electron chi connectivity index (χ3n) is 3.91. The first-order chi connectivity index (χ1) is 9.56. The quantitative estimate of drug-likeness (QED) is 0.695. The molecular weight excluding hydrogens is 254 g/mol. The summed E-state index contributed by atoms with van der Waals surface area (Å²) in [5, 5.41) is 11.8. The van der Waals surface area contributed by atoms with Crippen LogP contribution in [0.4, 0.5) is 4.79 Å². The molecule has 0 spiro atoms. The Kier molecular flexibility index (Phi) is 7.92. The van der Waals surface area contributed by atoms with Gasteiger partial charge in [0.25, 0.3) is 0 Å². The lowest BCUT2D eigenvalue weighted by Gasteiger charge is -2.35. The molecule has 2 N–H and O–H groups in total. The Morgan fingerprint density at radius 1 is 1.35 bits per heavy atom. The maximum atomic E-state index is 11.8. The fourth-order valence-electron chi connectivity index (χ4n) is 3.11. The predicted octanol–water partition coefficient (Wildman–Crippen LogP) is 1.38. The van der Waals surface area contributed by atoms with Crippen LogP contribution >= 0.6 is 0 Å². The third kappa shape index (κ3) is 6.09. The topological polar surface area (TPSA) is 55.8 Å². The fourth-order valence-corrected chi connectivity index (χ4v) is 3.11. The Hall–Kier alpha value is -0.810. The summed E-state index contributed by atoms with van der Waals surface area (Å²) in [6.07, 6.45) is 2.32. The molecule has 0 aromatic carbocycles. The highest BCUT2D eigenvalue weighted by molar-refractivity contribution is 5.74. The molecule has 118 valence electrons. The number of likely N-dealkylation sites (N-methyl/N-ethyl adjacent to an activating group) is 1. The van der Waals surface area contributed by atoms with E-state index in [1.54, 1.807) is 4.90 Å². The van der Waals surface area contributed by atoms with Crippen molar-refractivity contribution in [2.45, 2.75) is 33.6 Å². The van der Waals surface area contributed by atoms with Gasteiger partial charge in [-0.15, -0.1) is 0 Å². The van der Waals surface area contributed by atoms with Gasteiger partial charge in [0.2, 0.25) is 0 Å². The zero-order valence-corrected chi connectivity index (χ0v) is 13.3. The van der Waals surface area contributed by atoms with Crippen molar-refractivity contribution < 1.29 is 9.90 Å². The zero-order chi connectivity index (χ0) is 15.0. The molecule has 0 aromatic heterocycles. The predicted molar refractivity (Wildman–Crippen MR) is 81.7 cm³/mol. The Morgan fingerprint density at radius 3 is 2.55 bits per heavy atom. The van der Waals surface area contributed by atoms with E-state index in [0.29, 0.717) is 19.6 Å². The molecule has 2 atom stereocenters. The average molecular weight is 285 g/mol. The highest BCUT2D eigenvalue weighted by atomic mass is 16.3. The van der Waals surface area contributed by atoms with Gasteiger partial charge < -0.3 is 20.2 Å². The van der Waals surface area contributed by atoms with Crippen LogP contribution in [0.2, 0.25) is 0 Å². The molecule has 0 aromatic rings. The van der Waals surface area contributed by atoms with Gasteiger partial charge in [-0.2, -0.15) is 0 Å². The Labute approximate surface area is 123 Å². The number of aliphatic hydroxyl groups is 1. The van der Waals surface area contributed by atoms with Gasteiger partial charge in [0.15, 0.2) is 0 Å². The van der Waals surface area contributed by atoms with E-state index in [-0.39, 0.29) is 12.6 Å². The van der Waals surface area contributed by atoms with Crippen molar-refractivity contribution >= 4 is 6.03 Å². The van der Waals surface area contributed by atoms with E-state index in [9.17, 15) is 4.79 Å². The fraction of sp³-hybridized carbons (Fsp3) is 0.933. The van der Waals surface area contributed by atoms with Crippen LogP contribution in [0.25, 0.3) is 0 Å². The first-order valence-electron chi connectivity index (χ1n) is 7.92. The molecule has 1 heterocycles. The van der Waals surface area contributed by atoms with E-state index in [2.05, 4.69) is 24.1 Å². The number of amides is 2. The molecule has 5 nitrogen and oxygen atoms in total. The Bertz CT molecular complexity index is 276. The molecule has 0 radical (unpaired) electrons. The Balaban J connectivity index is 2.16. The molecule has 1 rings (SSSR count). The number of carbonyl (C=O) groups is 1. The summed E-state index contributed by atoms with van der Waals surface area (Å²) in [4.78, 5) is 15.9. The van der Waals surface area contributed by atoms with E-state index in [1.807, 2.05) is 6.92 Å². The van der Waals surface area contributed by atoms with Crippen LogP contribution in [0.3, 0.4) is 0 Å². The number of likely N-dealkylation sites (tertiary alicyclic amines) is 1. The second-order valence-electron chi connectivity index (χ2n) is 6.09. The minimum Gasteiger partial charge on any atom is -0.395 e. The summed E-state index contributed by atoms with van der Waals surface area (Å²) in [5.74, 6) is 1.57. The van der Waals surface area contributed by atoms with Gasteiger partial charge >= 0.3 is 6.03 Å². The largest absolute Gasteiger partial charge is 0.395 e. The maximum absolute atomic E-state index is 11.8. The highest BCUT2D eigenvalue weighted by Gasteiger charge is 2.21. The van der Waals surface area contributed by atoms with Gasteiger partial charge in [-0.25, -0.2) is 4.79 Å². The molecular formula is C15H31N3O2. The molecule has 20 heavy (non-hydrogen) atoms. The number of hydrogen-bond donors (Lipinski definition) is 2. The molecule has 0 aliphatic carbocycles. The van der Waals surface area contributed by atoms with Crippen molar-refractivity contribution in [1.82, 2.24) is 15.1 Å². The van der Waals surface area contributed by atoms with Crippen LogP contribution in [-0.2, 0) is 0 Å². The molecule has 2 unspecified atom stereocenters. The van der Waals surface area contributed by atoms with Crippen LogP contribution in [0.1, 0.15) is 33.6 Å². The lowest BCUT2D eigenvalue weighted by Crippen LogP contribution is -2.43. The minimum absolute atomic E-state index is 0.0187. The summed E-state index contributed by atoms with van der Waals surface area (Å²) in [6.45, 7) is 11.7. The summed E-state index contributed by atoms with van der Waals surface area (Å²) in [5.41, 5.74) is 0. The number of piperidine rings is 1. The summed E-state index contributed by atoms with van der Waals surface area (Å²) < 4.78 is 0. The summed E-state index contributed by atoms with van der Waals surface area (Å²) in [7, 11) is 0. The first-order valence-corrected chi connectivity index (χ1v) is 7.92. The molecule has 0 saturated carbocycles. The monoisotopic (exact) mass is 285 g/mol.